The lowest BCUT2D eigenvalue weighted by molar-refractivity contribution is -0.385. The van der Waals surface area contributed by atoms with Crippen molar-refractivity contribution in [1.82, 2.24) is 4.98 Å². The Balaban J connectivity index is 1.57. The Hall–Kier alpha value is -3.48. The largest absolute Gasteiger partial charge is 0.436 e. The second-order valence-electron chi connectivity index (χ2n) is 6.25. The highest BCUT2D eigenvalue weighted by Crippen LogP contribution is 2.33. The minimum atomic E-state index is -0.418. The van der Waals surface area contributed by atoms with E-state index in [1.54, 1.807) is 73.0 Å². The number of rotatable bonds is 5. The van der Waals surface area contributed by atoms with Crippen LogP contribution in [0.1, 0.15) is 5.56 Å². The number of allylic oxidation sites excluding steroid dienone is 1. The molecule has 0 aliphatic carbocycles. The first-order valence-corrected chi connectivity index (χ1v) is 9.57. The lowest BCUT2D eigenvalue weighted by Gasteiger charge is -1.99. The van der Waals surface area contributed by atoms with Crippen LogP contribution in [0.3, 0.4) is 0 Å². The molecule has 0 amide bonds. The molecular weight excluding hydrogens is 425 g/mol. The molecule has 0 saturated heterocycles. The second-order valence-corrected chi connectivity index (χ2v) is 7.09. The fourth-order valence-corrected chi connectivity index (χ4v) is 3.21. The zero-order valence-electron chi connectivity index (χ0n) is 15.3. The van der Waals surface area contributed by atoms with Gasteiger partial charge in [-0.1, -0.05) is 35.3 Å². The minimum absolute atomic E-state index is 0.0402. The van der Waals surface area contributed by atoms with Crippen molar-refractivity contribution in [3.63, 3.8) is 0 Å². The summed E-state index contributed by atoms with van der Waals surface area (Å²) in [5.74, 6) is 0.370. The fraction of sp³-hybridized carbons (Fsp3) is 0. The molecule has 1 aromatic heterocycles. The van der Waals surface area contributed by atoms with E-state index >= 15 is 0 Å². The molecule has 0 N–H and O–H groups in total. The van der Waals surface area contributed by atoms with Crippen molar-refractivity contribution in [2.75, 3.05) is 0 Å². The maximum absolute atomic E-state index is 11.1. The van der Waals surface area contributed by atoms with Gasteiger partial charge in [-0.2, -0.15) is 0 Å². The second kappa shape index (κ2) is 8.49. The summed E-state index contributed by atoms with van der Waals surface area (Å²) in [5, 5.41) is 12.1. The number of fused-ring (bicyclic) bond motifs is 1. The first kappa shape index (κ1) is 19.8. The van der Waals surface area contributed by atoms with E-state index in [2.05, 4.69) is 9.98 Å². The maximum Gasteiger partial charge on any atom is 0.276 e. The fourth-order valence-electron chi connectivity index (χ4n) is 2.84. The van der Waals surface area contributed by atoms with Crippen LogP contribution in [-0.2, 0) is 0 Å². The van der Waals surface area contributed by atoms with E-state index in [4.69, 9.17) is 27.6 Å². The molecule has 0 bridgehead atoms. The van der Waals surface area contributed by atoms with Gasteiger partial charge in [0.25, 0.3) is 5.69 Å². The van der Waals surface area contributed by atoms with Crippen molar-refractivity contribution in [1.29, 1.82) is 0 Å². The van der Waals surface area contributed by atoms with Gasteiger partial charge in [-0.3, -0.25) is 15.1 Å². The van der Waals surface area contributed by atoms with E-state index < -0.39 is 4.92 Å². The Bertz CT molecular complexity index is 1310. The summed E-state index contributed by atoms with van der Waals surface area (Å²) in [6, 6.07) is 16.9. The Morgan fingerprint density at radius 2 is 1.90 bits per heavy atom. The Morgan fingerprint density at radius 3 is 2.73 bits per heavy atom. The van der Waals surface area contributed by atoms with Crippen LogP contribution in [0.25, 0.3) is 28.6 Å². The van der Waals surface area contributed by atoms with Crippen LogP contribution >= 0.6 is 23.2 Å². The third-order valence-corrected chi connectivity index (χ3v) is 4.81. The number of oxazole rings is 1. The molecule has 4 rings (SSSR count). The third-order valence-electron chi connectivity index (χ3n) is 4.25. The van der Waals surface area contributed by atoms with Crippen molar-refractivity contribution in [3.8, 4) is 11.5 Å². The normalized spacial score (nSPS) is 11.7. The summed E-state index contributed by atoms with van der Waals surface area (Å²) in [6.07, 6.45) is 4.84. The molecular formula is C22H13Cl2N3O3. The molecule has 148 valence electrons. The van der Waals surface area contributed by atoms with Crippen molar-refractivity contribution in [3.05, 3.63) is 92.5 Å². The van der Waals surface area contributed by atoms with Crippen LogP contribution in [0.2, 0.25) is 10.0 Å². The Labute approximate surface area is 181 Å². The molecule has 3 aromatic carbocycles. The zero-order valence-corrected chi connectivity index (χ0v) is 16.8. The molecule has 0 unspecified atom stereocenters. The van der Waals surface area contributed by atoms with Crippen LogP contribution in [-0.4, -0.2) is 16.1 Å². The Morgan fingerprint density at radius 1 is 1.07 bits per heavy atom. The SMILES string of the molecule is O=[N+]([O-])c1ccccc1/C=C\C=Nc1ccc2oc(-c3cc(Cl)ccc3Cl)nc2c1. The number of aliphatic imine (C=N–C) groups is 1. The van der Waals surface area contributed by atoms with Crippen LogP contribution in [0.15, 0.2) is 76.1 Å². The molecule has 0 aliphatic rings. The van der Waals surface area contributed by atoms with Gasteiger partial charge >= 0.3 is 0 Å². The summed E-state index contributed by atoms with van der Waals surface area (Å²) < 4.78 is 5.78. The number of nitrogens with zero attached hydrogens (tertiary/aromatic N) is 3. The standard InChI is InChI=1S/C22H13Cl2N3O3/c23-15-7-9-18(24)17(12-15)22-26-19-13-16(8-10-21(19)30-22)25-11-3-5-14-4-1-2-6-20(14)27(28)29/h1-13H/b5-3-,25-11?. The number of para-hydroxylation sites is 1. The molecule has 8 heteroatoms. The minimum Gasteiger partial charge on any atom is -0.436 e. The molecule has 0 atom stereocenters. The highest BCUT2D eigenvalue weighted by Gasteiger charge is 2.13. The first-order valence-electron chi connectivity index (χ1n) is 8.81. The summed E-state index contributed by atoms with van der Waals surface area (Å²) >= 11 is 12.3. The maximum atomic E-state index is 11.1. The molecule has 0 saturated carbocycles. The Kier molecular flexibility index (Phi) is 5.61. The van der Waals surface area contributed by atoms with E-state index in [0.29, 0.717) is 43.9 Å². The summed E-state index contributed by atoms with van der Waals surface area (Å²) in [5.41, 5.74) is 3.03. The topological polar surface area (TPSA) is 81.5 Å². The molecule has 1 heterocycles. The predicted octanol–water partition coefficient (Wildman–Crippen LogP) is 7.13. The molecule has 4 aromatic rings. The molecule has 0 radical (unpaired) electrons. The summed E-state index contributed by atoms with van der Waals surface area (Å²) in [6.45, 7) is 0. The van der Waals surface area contributed by atoms with E-state index in [9.17, 15) is 10.1 Å². The third kappa shape index (κ3) is 4.25. The number of hydrogen-bond acceptors (Lipinski definition) is 5. The quantitative estimate of drug-likeness (QED) is 0.189. The average molecular weight is 438 g/mol. The first-order chi connectivity index (χ1) is 14.5. The van der Waals surface area contributed by atoms with Crippen molar-refractivity contribution in [2.45, 2.75) is 0 Å². The van der Waals surface area contributed by atoms with Gasteiger partial charge in [-0.05, 0) is 54.6 Å². The lowest BCUT2D eigenvalue weighted by Crippen LogP contribution is -1.90. The van der Waals surface area contributed by atoms with Crippen LogP contribution < -0.4 is 0 Å². The lowest BCUT2D eigenvalue weighted by atomic mass is 10.1. The molecule has 0 fully saturated rings. The van der Waals surface area contributed by atoms with Gasteiger partial charge in [-0.25, -0.2) is 4.98 Å². The number of nitro benzene ring substituents is 1. The van der Waals surface area contributed by atoms with Gasteiger partial charge in [0.2, 0.25) is 5.89 Å². The highest BCUT2D eigenvalue weighted by atomic mass is 35.5. The number of nitro groups is 1. The van der Waals surface area contributed by atoms with Gasteiger partial charge in [-0.15, -0.1) is 0 Å². The smallest absolute Gasteiger partial charge is 0.276 e. The number of halogens is 2. The van der Waals surface area contributed by atoms with Gasteiger partial charge in [0.15, 0.2) is 5.58 Å². The predicted molar refractivity (Wildman–Crippen MR) is 120 cm³/mol. The summed E-state index contributed by atoms with van der Waals surface area (Å²) in [7, 11) is 0. The van der Waals surface area contributed by atoms with E-state index in [1.165, 1.54) is 6.07 Å². The highest BCUT2D eigenvalue weighted by molar-refractivity contribution is 6.35. The van der Waals surface area contributed by atoms with Gasteiger partial charge in [0.1, 0.15) is 5.52 Å². The molecule has 30 heavy (non-hydrogen) atoms. The number of aromatic nitrogens is 1. The van der Waals surface area contributed by atoms with Crippen LogP contribution in [0.5, 0.6) is 0 Å². The van der Waals surface area contributed by atoms with Crippen LogP contribution in [0.4, 0.5) is 11.4 Å². The molecule has 0 aliphatic heterocycles. The van der Waals surface area contributed by atoms with Crippen molar-refractivity contribution >= 4 is 58.0 Å². The van der Waals surface area contributed by atoms with Gasteiger partial charge < -0.3 is 4.42 Å². The molecule has 6 nitrogen and oxygen atoms in total. The van der Waals surface area contributed by atoms with Crippen molar-refractivity contribution in [2.24, 2.45) is 4.99 Å². The average Bonchev–Trinajstić information content (AvgIpc) is 3.16. The number of hydrogen-bond donors (Lipinski definition) is 0. The number of benzene rings is 3. The van der Waals surface area contributed by atoms with Gasteiger partial charge in [0, 0.05) is 17.3 Å². The van der Waals surface area contributed by atoms with E-state index in [1.807, 2.05) is 0 Å². The monoisotopic (exact) mass is 437 g/mol. The van der Waals surface area contributed by atoms with Crippen LogP contribution in [0, 0.1) is 10.1 Å². The van der Waals surface area contributed by atoms with E-state index in [0.717, 1.165) is 0 Å². The van der Waals surface area contributed by atoms with Gasteiger partial charge in [0.05, 0.1) is 26.8 Å². The van der Waals surface area contributed by atoms with Crippen molar-refractivity contribution < 1.29 is 9.34 Å². The summed E-state index contributed by atoms with van der Waals surface area (Å²) in [4.78, 5) is 19.5. The zero-order chi connectivity index (χ0) is 21.1. The molecule has 0 spiro atoms. The van der Waals surface area contributed by atoms with E-state index in [-0.39, 0.29) is 5.69 Å².